The summed E-state index contributed by atoms with van der Waals surface area (Å²) in [4.78, 5) is 21.4. The van der Waals surface area contributed by atoms with E-state index in [2.05, 4.69) is 10.6 Å². The summed E-state index contributed by atoms with van der Waals surface area (Å²) < 4.78 is 5.12. The summed E-state index contributed by atoms with van der Waals surface area (Å²) >= 11 is 0. The first kappa shape index (κ1) is 17.9. The van der Waals surface area contributed by atoms with Crippen molar-refractivity contribution in [2.45, 2.75) is 58.5 Å². The van der Waals surface area contributed by atoms with Gasteiger partial charge in [-0.05, 0) is 53.1 Å². The second-order valence-corrected chi connectivity index (χ2v) is 5.55. The molecule has 0 aromatic heterocycles. The second-order valence-electron chi connectivity index (χ2n) is 5.55. The summed E-state index contributed by atoms with van der Waals surface area (Å²) in [7, 11) is 0. The minimum absolute atomic E-state index is 0.360. The van der Waals surface area contributed by atoms with Crippen LogP contribution in [0.2, 0.25) is 0 Å². The summed E-state index contributed by atoms with van der Waals surface area (Å²) in [6.07, 6.45) is 5.31. The molecule has 0 rings (SSSR count). The molecule has 0 aliphatic heterocycles. The van der Waals surface area contributed by atoms with Crippen molar-refractivity contribution in [2.75, 3.05) is 19.6 Å². The van der Waals surface area contributed by atoms with Crippen LogP contribution < -0.4 is 10.6 Å². The lowest BCUT2D eigenvalue weighted by Gasteiger charge is -2.19. The van der Waals surface area contributed by atoms with Gasteiger partial charge in [0.1, 0.15) is 11.9 Å². The largest absolute Gasteiger partial charge is 0.444 e. The molecular formula is C14H28N2O3. The third-order valence-electron chi connectivity index (χ3n) is 2.37. The van der Waals surface area contributed by atoms with Crippen LogP contribution >= 0.6 is 0 Å². The Morgan fingerprint density at radius 1 is 1.05 bits per heavy atom. The van der Waals surface area contributed by atoms with Gasteiger partial charge in [-0.15, -0.1) is 0 Å². The molecule has 0 heterocycles. The number of aldehydes is 1. The van der Waals surface area contributed by atoms with Gasteiger partial charge in [0.25, 0.3) is 0 Å². The van der Waals surface area contributed by atoms with Crippen molar-refractivity contribution < 1.29 is 14.3 Å². The predicted molar refractivity (Wildman–Crippen MR) is 76.3 cm³/mol. The molecule has 0 aliphatic carbocycles. The van der Waals surface area contributed by atoms with Crippen LogP contribution in [0.1, 0.15) is 52.9 Å². The first-order valence-electron chi connectivity index (χ1n) is 7.07. The zero-order valence-corrected chi connectivity index (χ0v) is 12.5. The Kier molecular flexibility index (Phi) is 10.2. The Hall–Kier alpha value is -1.10. The maximum atomic E-state index is 11.3. The number of rotatable bonds is 10. The van der Waals surface area contributed by atoms with Crippen molar-refractivity contribution in [3.05, 3.63) is 0 Å². The van der Waals surface area contributed by atoms with Crippen molar-refractivity contribution in [3.8, 4) is 0 Å². The van der Waals surface area contributed by atoms with Gasteiger partial charge in [0.2, 0.25) is 0 Å². The normalized spacial score (nSPS) is 11.1. The standard InChI is InChI=1S/C14H28N2O3/c1-14(2,3)19-13(18)16-11-8-10-15-9-6-4-5-7-12-17/h12,15H,4-11H2,1-3H3,(H,16,18). The van der Waals surface area contributed by atoms with Crippen molar-refractivity contribution >= 4 is 12.4 Å². The topological polar surface area (TPSA) is 67.4 Å². The molecule has 0 fully saturated rings. The molecule has 0 aliphatic rings. The number of hydrogen-bond donors (Lipinski definition) is 2. The molecule has 0 atom stereocenters. The quantitative estimate of drug-likeness (QED) is 0.473. The molecule has 0 aromatic carbocycles. The van der Waals surface area contributed by atoms with Crippen LogP contribution in [0.4, 0.5) is 4.79 Å². The Bertz CT molecular complexity index is 250. The van der Waals surface area contributed by atoms with Gasteiger partial charge in [-0.25, -0.2) is 4.79 Å². The van der Waals surface area contributed by atoms with Crippen molar-refractivity contribution in [3.63, 3.8) is 0 Å². The average Bonchev–Trinajstić information content (AvgIpc) is 2.29. The van der Waals surface area contributed by atoms with Crippen LogP contribution in [0.25, 0.3) is 0 Å². The Morgan fingerprint density at radius 2 is 1.74 bits per heavy atom. The van der Waals surface area contributed by atoms with E-state index in [4.69, 9.17) is 4.74 Å². The molecule has 0 saturated heterocycles. The molecule has 0 bridgehead atoms. The molecule has 1 amide bonds. The van der Waals surface area contributed by atoms with E-state index in [-0.39, 0.29) is 6.09 Å². The molecule has 112 valence electrons. The maximum Gasteiger partial charge on any atom is 0.407 e. The van der Waals surface area contributed by atoms with E-state index >= 15 is 0 Å². The number of nitrogens with one attached hydrogen (secondary N) is 2. The zero-order chi connectivity index (χ0) is 14.6. The predicted octanol–water partition coefficient (Wildman–Crippen LogP) is 2.25. The fraction of sp³-hybridized carbons (Fsp3) is 0.857. The molecule has 0 radical (unpaired) electrons. The first-order valence-corrected chi connectivity index (χ1v) is 7.07. The molecule has 0 spiro atoms. The van der Waals surface area contributed by atoms with Crippen molar-refractivity contribution in [1.29, 1.82) is 0 Å². The number of carbonyl (C=O) groups is 2. The number of alkyl carbamates (subject to hydrolysis) is 1. The fourth-order valence-corrected chi connectivity index (χ4v) is 1.50. The van der Waals surface area contributed by atoms with E-state index in [1.54, 1.807) is 0 Å². The molecule has 0 unspecified atom stereocenters. The van der Waals surface area contributed by atoms with E-state index in [1.807, 2.05) is 20.8 Å². The molecule has 2 N–H and O–H groups in total. The van der Waals surface area contributed by atoms with E-state index in [0.29, 0.717) is 13.0 Å². The molecule has 5 heteroatoms. The number of hydrogen-bond acceptors (Lipinski definition) is 4. The highest BCUT2D eigenvalue weighted by Crippen LogP contribution is 2.06. The van der Waals surface area contributed by atoms with E-state index in [0.717, 1.165) is 45.1 Å². The lowest BCUT2D eigenvalue weighted by atomic mass is 10.2. The summed E-state index contributed by atoms with van der Waals surface area (Å²) in [6, 6.07) is 0. The molecule has 19 heavy (non-hydrogen) atoms. The Balaban J connectivity index is 3.23. The SMILES string of the molecule is CC(C)(C)OC(=O)NCCCNCCCCCC=O. The van der Waals surface area contributed by atoms with Gasteiger partial charge in [-0.2, -0.15) is 0 Å². The summed E-state index contributed by atoms with van der Waals surface area (Å²) in [5.41, 5.74) is -0.441. The third kappa shape index (κ3) is 14.8. The summed E-state index contributed by atoms with van der Waals surface area (Å²) in [5, 5.41) is 6.02. The van der Waals surface area contributed by atoms with Crippen molar-refractivity contribution in [1.82, 2.24) is 10.6 Å². The Morgan fingerprint density at radius 3 is 2.37 bits per heavy atom. The van der Waals surface area contributed by atoms with Crippen molar-refractivity contribution in [2.24, 2.45) is 0 Å². The van der Waals surface area contributed by atoms with Crippen LogP contribution in [0.5, 0.6) is 0 Å². The third-order valence-corrected chi connectivity index (χ3v) is 2.37. The average molecular weight is 272 g/mol. The van der Waals surface area contributed by atoms with Gasteiger partial charge in [0, 0.05) is 13.0 Å². The minimum Gasteiger partial charge on any atom is -0.444 e. The number of amides is 1. The molecule has 0 saturated carbocycles. The fourth-order valence-electron chi connectivity index (χ4n) is 1.50. The summed E-state index contributed by atoms with van der Waals surface area (Å²) in [6.45, 7) is 8.00. The van der Waals surface area contributed by atoms with E-state index in [9.17, 15) is 9.59 Å². The number of carbonyl (C=O) groups excluding carboxylic acids is 2. The highest BCUT2D eigenvalue weighted by molar-refractivity contribution is 5.67. The van der Waals surface area contributed by atoms with Gasteiger partial charge in [0.05, 0.1) is 0 Å². The zero-order valence-electron chi connectivity index (χ0n) is 12.5. The lowest BCUT2D eigenvalue weighted by Crippen LogP contribution is -2.34. The molecule has 5 nitrogen and oxygen atoms in total. The maximum absolute atomic E-state index is 11.3. The first-order chi connectivity index (χ1) is 8.95. The van der Waals surface area contributed by atoms with Gasteiger partial charge in [-0.1, -0.05) is 6.42 Å². The van der Waals surface area contributed by atoms with Crippen LogP contribution in [-0.2, 0) is 9.53 Å². The second kappa shape index (κ2) is 10.8. The van der Waals surface area contributed by atoms with E-state index < -0.39 is 5.60 Å². The summed E-state index contributed by atoms with van der Waals surface area (Å²) in [5.74, 6) is 0. The Labute approximate surface area is 116 Å². The minimum atomic E-state index is -0.441. The lowest BCUT2D eigenvalue weighted by molar-refractivity contribution is -0.107. The molecule has 0 aromatic rings. The smallest absolute Gasteiger partial charge is 0.407 e. The molecular weight excluding hydrogens is 244 g/mol. The van der Waals surface area contributed by atoms with E-state index in [1.165, 1.54) is 0 Å². The van der Waals surface area contributed by atoms with Gasteiger partial charge < -0.3 is 20.2 Å². The van der Waals surface area contributed by atoms with Crippen LogP contribution in [0, 0.1) is 0 Å². The number of ether oxygens (including phenoxy) is 1. The van der Waals surface area contributed by atoms with Crippen LogP contribution in [-0.4, -0.2) is 37.6 Å². The van der Waals surface area contributed by atoms with Crippen LogP contribution in [0.15, 0.2) is 0 Å². The van der Waals surface area contributed by atoms with Gasteiger partial charge in [0.15, 0.2) is 0 Å². The highest BCUT2D eigenvalue weighted by atomic mass is 16.6. The number of unbranched alkanes of at least 4 members (excludes halogenated alkanes) is 3. The van der Waals surface area contributed by atoms with Gasteiger partial charge in [-0.3, -0.25) is 0 Å². The van der Waals surface area contributed by atoms with Gasteiger partial charge >= 0.3 is 6.09 Å². The van der Waals surface area contributed by atoms with Crippen LogP contribution in [0.3, 0.4) is 0 Å². The highest BCUT2D eigenvalue weighted by Gasteiger charge is 2.15. The monoisotopic (exact) mass is 272 g/mol.